The Labute approximate surface area is 195 Å². The van der Waals surface area contributed by atoms with Crippen LogP contribution in [0.5, 0.6) is 11.5 Å². The van der Waals surface area contributed by atoms with Crippen molar-refractivity contribution in [3.05, 3.63) is 83.2 Å². The number of benzene rings is 2. The fourth-order valence-corrected chi connectivity index (χ4v) is 4.48. The van der Waals surface area contributed by atoms with Crippen LogP contribution in [0.2, 0.25) is 0 Å². The molecule has 0 amide bonds. The van der Waals surface area contributed by atoms with Gasteiger partial charge in [-0.1, -0.05) is 12.1 Å². The maximum Gasteiger partial charge on any atom is 0.278 e. The summed E-state index contributed by atoms with van der Waals surface area (Å²) in [4.78, 5) is 3.74. The number of fused-ring (bicyclic) bond motifs is 2. The van der Waals surface area contributed by atoms with Crippen LogP contribution < -0.4 is 10.5 Å². The molecular formula is C26H23F2N3O3. The first-order valence-corrected chi connectivity index (χ1v) is 11.0. The lowest BCUT2D eigenvalue weighted by molar-refractivity contribution is 0.164. The molecule has 0 fully saturated rings. The van der Waals surface area contributed by atoms with E-state index in [1.807, 2.05) is 12.1 Å². The standard InChI is InChI=1S/C26H23F2N3O3/c27-22-13-17(16-3-2-9-32-14-16)12-21-19(7-10-33-26(29)30)20-11-15(5-6-23(20)34-24(21)22)18-4-1-8-31-25(18)28/h1,3-6,8,11-13,19H,2,7,9-10,14H2,(H3,29,30). The number of ether oxygens (including phenoxy) is 3. The monoisotopic (exact) mass is 463 g/mol. The summed E-state index contributed by atoms with van der Waals surface area (Å²) >= 11 is 0. The largest absolute Gasteiger partial charge is 0.466 e. The summed E-state index contributed by atoms with van der Waals surface area (Å²) in [6, 6.07) is 11.6. The molecule has 2 aromatic carbocycles. The van der Waals surface area contributed by atoms with Crippen molar-refractivity contribution in [2.45, 2.75) is 18.8 Å². The SMILES string of the molecule is N=C(N)OCCC1c2cc(-c3cccnc3F)ccc2Oc2c(F)cc(C3=CCCOC3)cc21. The molecule has 5 rings (SSSR count). The summed E-state index contributed by atoms with van der Waals surface area (Å²) in [7, 11) is 0. The van der Waals surface area contributed by atoms with Gasteiger partial charge in [-0.05, 0) is 65.9 Å². The van der Waals surface area contributed by atoms with E-state index in [0.29, 0.717) is 42.1 Å². The number of amidine groups is 1. The van der Waals surface area contributed by atoms with Crippen molar-refractivity contribution < 1.29 is 23.0 Å². The topological polar surface area (TPSA) is 90.5 Å². The second kappa shape index (κ2) is 9.23. The molecule has 1 aromatic heterocycles. The first-order chi connectivity index (χ1) is 16.5. The summed E-state index contributed by atoms with van der Waals surface area (Å²) in [5, 5.41) is 7.37. The van der Waals surface area contributed by atoms with Crippen LogP contribution in [0.3, 0.4) is 0 Å². The smallest absolute Gasteiger partial charge is 0.278 e. The molecule has 2 aliphatic heterocycles. The lowest BCUT2D eigenvalue weighted by Gasteiger charge is -2.30. The fourth-order valence-electron chi connectivity index (χ4n) is 4.48. The number of rotatable bonds is 5. The molecule has 1 atom stereocenters. The lowest BCUT2D eigenvalue weighted by Crippen LogP contribution is -2.19. The van der Waals surface area contributed by atoms with E-state index in [-0.39, 0.29) is 24.3 Å². The molecule has 0 spiro atoms. The van der Waals surface area contributed by atoms with Gasteiger partial charge in [0, 0.05) is 28.8 Å². The van der Waals surface area contributed by atoms with Gasteiger partial charge in [-0.3, -0.25) is 5.41 Å². The molecule has 2 aliphatic rings. The van der Waals surface area contributed by atoms with Gasteiger partial charge in [-0.25, -0.2) is 9.37 Å². The van der Waals surface area contributed by atoms with Crippen LogP contribution in [0.15, 0.2) is 54.7 Å². The maximum atomic E-state index is 15.3. The minimum atomic E-state index is -0.575. The first kappa shape index (κ1) is 22.0. The second-order valence-electron chi connectivity index (χ2n) is 8.20. The summed E-state index contributed by atoms with van der Waals surface area (Å²) in [6.45, 7) is 1.21. The van der Waals surface area contributed by atoms with Crippen molar-refractivity contribution in [3.8, 4) is 22.6 Å². The molecule has 174 valence electrons. The molecule has 0 saturated heterocycles. The van der Waals surface area contributed by atoms with Crippen LogP contribution in [0, 0.1) is 17.2 Å². The first-order valence-electron chi connectivity index (χ1n) is 11.0. The predicted octanol–water partition coefficient (Wildman–Crippen LogP) is 5.37. The molecule has 3 heterocycles. The lowest BCUT2D eigenvalue weighted by atomic mass is 9.83. The molecule has 8 heteroatoms. The maximum absolute atomic E-state index is 15.3. The average molecular weight is 463 g/mol. The Balaban J connectivity index is 1.61. The zero-order valence-corrected chi connectivity index (χ0v) is 18.3. The van der Waals surface area contributed by atoms with E-state index in [4.69, 9.17) is 25.4 Å². The third kappa shape index (κ3) is 4.24. The Bertz CT molecular complexity index is 1290. The van der Waals surface area contributed by atoms with Gasteiger partial charge in [0.25, 0.3) is 6.02 Å². The van der Waals surface area contributed by atoms with E-state index < -0.39 is 11.8 Å². The van der Waals surface area contributed by atoms with E-state index >= 15 is 4.39 Å². The number of nitrogens with zero attached hydrogens (tertiary/aromatic N) is 1. The number of halogens is 2. The summed E-state index contributed by atoms with van der Waals surface area (Å²) in [5.41, 5.74) is 9.44. The average Bonchev–Trinajstić information content (AvgIpc) is 2.84. The number of pyridine rings is 1. The quantitative estimate of drug-likeness (QED) is 0.302. The third-order valence-electron chi connectivity index (χ3n) is 6.06. The Morgan fingerprint density at radius 2 is 2.00 bits per heavy atom. The number of hydrogen-bond donors (Lipinski definition) is 2. The van der Waals surface area contributed by atoms with Gasteiger partial charge in [-0.15, -0.1) is 0 Å². The van der Waals surface area contributed by atoms with Crippen LogP contribution in [-0.2, 0) is 9.47 Å². The van der Waals surface area contributed by atoms with Crippen molar-refractivity contribution in [3.63, 3.8) is 0 Å². The van der Waals surface area contributed by atoms with Crippen LogP contribution in [0.25, 0.3) is 16.7 Å². The molecule has 34 heavy (non-hydrogen) atoms. The van der Waals surface area contributed by atoms with Gasteiger partial charge in [-0.2, -0.15) is 4.39 Å². The Hall–Kier alpha value is -3.78. The number of aromatic nitrogens is 1. The minimum absolute atomic E-state index is 0.154. The van der Waals surface area contributed by atoms with Crippen molar-refractivity contribution in [1.82, 2.24) is 4.98 Å². The molecular weight excluding hydrogens is 440 g/mol. The van der Waals surface area contributed by atoms with Gasteiger partial charge in [0.1, 0.15) is 5.75 Å². The molecule has 1 unspecified atom stereocenters. The minimum Gasteiger partial charge on any atom is -0.466 e. The second-order valence-corrected chi connectivity index (χ2v) is 8.20. The van der Waals surface area contributed by atoms with E-state index in [1.54, 1.807) is 24.3 Å². The Morgan fingerprint density at radius 3 is 2.76 bits per heavy atom. The van der Waals surface area contributed by atoms with Gasteiger partial charge in [0.05, 0.1) is 19.8 Å². The third-order valence-corrected chi connectivity index (χ3v) is 6.06. The predicted molar refractivity (Wildman–Crippen MR) is 124 cm³/mol. The van der Waals surface area contributed by atoms with Crippen LogP contribution in [0.4, 0.5) is 8.78 Å². The van der Waals surface area contributed by atoms with Crippen molar-refractivity contribution in [1.29, 1.82) is 5.41 Å². The van der Waals surface area contributed by atoms with E-state index in [9.17, 15) is 4.39 Å². The Kier molecular flexibility index (Phi) is 5.98. The van der Waals surface area contributed by atoms with E-state index in [1.165, 1.54) is 12.3 Å². The molecule has 0 aliphatic carbocycles. The molecule has 0 radical (unpaired) electrons. The number of nitrogens with two attached hydrogens (primary N) is 1. The molecule has 0 bridgehead atoms. The highest BCUT2D eigenvalue weighted by atomic mass is 19.1. The van der Waals surface area contributed by atoms with Gasteiger partial charge < -0.3 is 19.9 Å². The zero-order chi connectivity index (χ0) is 23.7. The van der Waals surface area contributed by atoms with Crippen LogP contribution in [0.1, 0.15) is 35.4 Å². The van der Waals surface area contributed by atoms with Crippen LogP contribution in [-0.4, -0.2) is 30.8 Å². The summed E-state index contributed by atoms with van der Waals surface area (Å²) in [6.07, 6.45) is 4.63. The van der Waals surface area contributed by atoms with Crippen molar-refractivity contribution in [2.75, 3.05) is 19.8 Å². The highest BCUT2D eigenvalue weighted by Gasteiger charge is 2.31. The van der Waals surface area contributed by atoms with Gasteiger partial charge in [0.2, 0.25) is 5.95 Å². The molecule has 3 N–H and O–H groups in total. The van der Waals surface area contributed by atoms with Gasteiger partial charge >= 0.3 is 0 Å². The zero-order valence-electron chi connectivity index (χ0n) is 18.3. The number of hydrogen-bond acceptors (Lipinski definition) is 5. The fraction of sp³-hybridized carbons (Fsp3) is 0.231. The molecule has 3 aromatic rings. The molecule has 0 saturated carbocycles. The van der Waals surface area contributed by atoms with Crippen molar-refractivity contribution in [2.24, 2.45) is 5.73 Å². The van der Waals surface area contributed by atoms with Crippen molar-refractivity contribution >= 4 is 11.6 Å². The van der Waals surface area contributed by atoms with Crippen LogP contribution >= 0.6 is 0 Å². The van der Waals surface area contributed by atoms with E-state index in [0.717, 1.165) is 23.1 Å². The summed E-state index contributed by atoms with van der Waals surface area (Å²) in [5.74, 6) is -0.725. The molecule has 6 nitrogen and oxygen atoms in total. The van der Waals surface area contributed by atoms with E-state index in [2.05, 4.69) is 11.1 Å². The number of nitrogens with one attached hydrogen (secondary N) is 1. The summed E-state index contributed by atoms with van der Waals surface area (Å²) < 4.78 is 46.4. The highest BCUT2D eigenvalue weighted by Crippen LogP contribution is 2.49. The van der Waals surface area contributed by atoms with Gasteiger partial charge in [0.15, 0.2) is 11.6 Å². The highest BCUT2D eigenvalue weighted by molar-refractivity contribution is 5.72. The normalized spacial score (nSPS) is 16.6. The Morgan fingerprint density at radius 1 is 1.15 bits per heavy atom.